The Bertz CT molecular complexity index is 613. The van der Waals surface area contributed by atoms with Crippen LogP contribution in [0, 0.1) is 11.6 Å². The van der Waals surface area contributed by atoms with E-state index in [1.165, 1.54) is 0 Å². The van der Waals surface area contributed by atoms with E-state index in [4.69, 9.17) is 9.47 Å². The molecule has 0 spiro atoms. The van der Waals surface area contributed by atoms with Crippen molar-refractivity contribution in [1.82, 2.24) is 0 Å². The standard InChI is InChI=1S/C16H19F2NO4/c1-16(2,3)23-15(21)19(11-7-12(20)9-22-8-11)14-6-10(17)4-5-13(14)18/h4-6,11H,7-9H2,1-3H3/t11-/m0/s1. The largest absolute Gasteiger partial charge is 0.443 e. The Kier molecular flexibility index (Phi) is 4.99. The zero-order valence-corrected chi connectivity index (χ0v) is 13.3. The minimum atomic E-state index is -0.856. The molecule has 7 heteroatoms. The van der Waals surface area contributed by atoms with Gasteiger partial charge in [-0.3, -0.25) is 9.69 Å². The van der Waals surface area contributed by atoms with E-state index in [-0.39, 0.29) is 31.1 Å². The summed E-state index contributed by atoms with van der Waals surface area (Å²) in [5, 5.41) is 0. The monoisotopic (exact) mass is 327 g/mol. The minimum Gasteiger partial charge on any atom is -0.443 e. The number of ether oxygens (including phenoxy) is 2. The molecule has 1 heterocycles. The molecule has 0 radical (unpaired) electrons. The van der Waals surface area contributed by atoms with Gasteiger partial charge in [0.15, 0.2) is 5.78 Å². The van der Waals surface area contributed by atoms with Gasteiger partial charge in [-0.05, 0) is 32.9 Å². The average molecular weight is 327 g/mol. The number of nitrogens with zero attached hydrogens (tertiary/aromatic N) is 1. The summed E-state index contributed by atoms with van der Waals surface area (Å²) in [5.41, 5.74) is -1.10. The smallest absolute Gasteiger partial charge is 0.415 e. The molecule has 126 valence electrons. The first-order valence-electron chi connectivity index (χ1n) is 7.24. The molecule has 1 amide bonds. The molecule has 0 bridgehead atoms. The molecule has 0 unspecified atom stereocenters. The van der Waals surface area contributed by atoms with Crippen LogP contribution >= 0.6 is 0 Å². The number of hydrogen-bond donors (Lipinski definition) is 0. The molecule has 1 aromatic rings. The van der Waals surface area contributed by atoms with Crippen molar-refractivity contribution in [2.45, 2.75) is 38.8 Å². The van der Waals surface area contributed by atoms with E-state index >= 15 is 0 Å². The zero-order valence-electron chi connectivity index (χ0n) is 13.3. The van der Waals surface area contributed by atoms with Gasteiger partial charge in [0.25, 0.3) is 0 Å². The summed E-state index contributed by atoms with van der Waals surface area (Å²) in [4.78, 5) is 25.0. The molecule has 0 aliphatic carbocycles. The van der Waals surface area contributed by atoms with Crippen molar-refractivity contribution >= 4 is 17.6 Å². The lowest BCUT2D eigenvalue weighted by atomic mass is 10.1. The van der Waals surface area contributed by atoms with Crippen LogP contribution in [0.2, 0.25) is 0 Å². The van der Waals surface area contributed by atoms with Gasteiger partial charge < -0.3 is 9.47 Å². The molecule has 0 N–H and O–H groups in total. The van der Waals surface area contributed by atoms with Gasteiger partial charge in [0.1, 0.15) is 23.8 Å². The third kappa shape index (κ3) is 4.48. The summed E-state index contributed by atoms with van der Waals surface area (Å²) >= 11 is 0. The Morgan fingerprint density at radius 3 is 2.65 bits per heavy atom. The van der Waals surface area contributed by atoms with Gasteiger partial charge in [-0.2, -0.15) is 0 Å². The van der Waals surface area contributed by atoms with Crippen molar-refractivity contribution in [2.75, 3.05) is 18.1 Å². The highest BCUT2D eigenvalue weighted by Gasteiger charge is 2.35. The van der Waals surface area contributed by atoms with E-state index in [1.807, 2.05) is 0 Å². The molecular weight excluding hydrogens is 308 g/mol. The van der Waals surface area contributed by atoms with E-state index in [0.29, 0.717) is 0 Å². The summed E-state index contributed by atoms with van der Waals surface area (Å²) in [5.74, 6) is -1.69. The fourth-order valence-corrected chi connectivity index (χ4v) is 2.28. The minimum absolute atomic E-state index is 0.00477. The molecule has 1 aliphatic heterocycles. The first kappa shape index (κ1) is 17.3. The highest BCUT2D eigenvalue weighted by Crippen LogP contribution is 2.27. The third-order valence-corrected chi connectivity index (χ3v) is 3.16. The van der Waals surface area contributed by atoms with Crippen LogP contribution in [0.25, 0.3) is 0 Å². The number of anilines is 1. The molecule has 5 nitrogen and oxygen atoms in total. The number of halogens is 2. The van der Waals surface area contributed by atoms with Gasteiger partial charge in [0.2, 0.25) is 0 Å². The van der Waals surface area contributed by atoms with Crippen LogP contribution in [0.3, 0.4) is 0 Å². The second kappa shape index (κ2) is 6.62. The summed E-state index contributed by atoms with van der Waals surface area (Å²) in [7, 11) is 0. The zero-order chi connectivity index (χ0) is 17.2. The molecule has 1 aliphatic rings. The topological polar surface area (TPSA) is 55.8 Å². The van der Waals surface area contributed by atoms with Crippen LogP contribution in [0.15, 0.2) is 18.2 Å². The predicted octanol–water partition coefficient (Wildman–Crippen LogP) is 3.06. The van der Waals surface area contributed by atoms with E-state index in [1.54, 1.807) is 20.8 Å². The fourth-order valence-electron chi connectivity index (χ4n) is 2.28. The lowest BCUT2D eigenvalue weighted by molar-refractivity contribution is -0.127. The normalized spacial score (nSPS) is 18.7. The molecule has 1 fully saturated rings. The second-order valence-electron chi connectivity index (χ2n) is 6.36. The van der Waals surface area contributed by atoms with Crippen molar-refractivity contribution in [3.8, 4) is 0 Å². The average Bonchev–Trinajstić information content (AvgIpc) is 2.41. The van der Waals surface area contributed by atoms with Crippen molar-refractivity contribution < 1.29 is 27.8 Å². The molecule has 1 aromatic carbocycles. The molecule has 2 rings (SSSR count). The summed E-state index contributed by atoms with van der Waals surface area (Å²) < 4.78 is 38.0. The number of ketones is 1. The van der Waals surface area contributed by atoms with Crippen molar-refractivity contribution in [3.05, 3.63) is 29.8 Å². The van der Waals surface area contributed by atoms with Gasteiger partial charge in [-0.25, -0.2) is 13.6 Å². The number of hydrogen-bond acceptors (Lipinski definition) is 4. The quantitative estimate of drug-likeness (QED) is 0.838. The van der Waals surface area contributed by atoms with E-state index in [2.05, 4.69) is 0 Å². The van der Waals surface area contributed by atoms with Crippen molar-refractivity contribution in [1.29, 1.82) is 0 Å². The van der Waals surface area contributed by atoms with Gasteiger partial charge in [0, 0.05) is 12.5 Å². The maximum atomic E-state index is 14.1. The number of rotatable bonds is 2. The maximum Gasteiger partial charge on any atom is 0.415 e. The maximum absolute atomic E-state index is 14.1. The number of carbonyl (C=O) groups is 2. The Balaban J connectivity index is 2.40. The fraction of sp³-hybridized carbons (Fsp3) is 0.500. The van der Waals surface area contributed by atoms with Crippen molar-refractivity contribution in [2.24, 2.45) is 0 Å². The Morgan fingerprint density at radius 1 is 1.35 bits per heavy atom. The molecular formula is C16H19F2NO4. The van der Waals surface area contributed by atoms with Crippen molar-refractivity contribution in [3.63, 3.8) is 0 Å². The van der Waals surface area contributed by atoms with Crippen LogP contribution in [0.1, 0.15) is 27.2 Å². The predicted molar refractivity (Wildman–Crippen MR) is 79.3 cm³/mol. The molecule has 23 heavy (non-hydrogen) atoms. The van der Waals surface area contributed by atoms with Crippen LogP contribution in [-0.2, 0) is 14.3 Å². The lowest BCUT2D eigenvalue weighted by Crippen LogP contribution is -2.49. The van der Waals surface area contributed by atoms with Crippen LogP contribution in [0.4, 0.5) is 19.3 Å². The molecule has 1 saturated heterocycles. The number of carbonyl (C=O) groups excluding carboxylic acids is 2. The highest BCUT2D eigenvalue weighted by atomic mass is 19.1. The van der Waals surface area contributed by atoms with Crippen LogP contribution < -0.4 is 4.90 Å². The first-order chi connectivity index (χ1) is 10.7. The highest BCUT2D eigenvalue weighted by molar-refractivity contribution is 5.91. The van der Waals surface area contributed by atoms with Gasteiger partial charge in [-0.1, -0.05) is 0 Å². The van der Waals surface area contributed by atoms with Gasteiger partial charge in [0.05, 0.1) is 18.3 Å². The number of amides is 1. The Labute approximate surface area is 133 Å². The SMILES string of the molecule is CC(C)(C)OC(=O)N(c1cc(F)ccc1F)[C@@H]1COCC(=O)C1. The van der Waals surface area contributed by atoms with E-state index in [0.717, 1.165) is 23.1 Å². The third-order valence-electron chi connectivity index (χ3n) is 3.16. The summed E-state index contributed by atoms with van der Waals surface area (Å²) in [6, 6.07) is 2.03. The summed E-state index contributed by atoms with van der Waals surface area (Å²) in [6.07, 6.45) is -0.861. The van der Waals surface area contributed by atoms with Gasteiger partial charge >= 0.3 is 6.09 Å². The van der Waals surface area contributed by atoms with E-state index < -0.39 is 29.4 Å². The molecule has 0 saturated carbocycles. The number of benzene rings is 1. The lowest BCUT2D eigenvalue weighted by Gasteiger charge is -2.35. The summed E-state index contributed by atoms with van der Waals surface area (Å²) in [6.45, 7) is 4.97. The molecule has 0 aromatic heterocycles. The Morgan fingerprint density at radius 2 is 2.04 bits per heavy atom. The van der Waals surface area contributed by atoms with Crippen LogP contribution in [0.5, 0.6) is 0 Å². The second-order valence-corrected chi connectivity index (χ2v) is 6.36. The number of Topliss-reactive ketones (excluding diaryl/α,β-unsaturated/α-hetero) is 1. The van der Waals surface area contributed by atoms with Crippen LogP contribution in [-0.4, -0.2) is 36.7 Å². The molecule has 1 atom stereocenters. The Hall–Kier alpha value is -2.02. The van der Waals surface area contributed by atoms with E-state index in [9.17, 15) is 18.4 Å². The first-order valence-corrected chi connectivity index (χ1v) is 7.24. The van der Waals surface area contributed by atoms with Gasteiger partial charge in [-0.15, -0.1) is 0 Å².